The number of aliphatic hydroxyl groups excluding tert-OH is 1. The van der Waals surface area contributed by atoms with Crippen LogP contribution in [0.15, 0.2) is 115 Å². The summed E-state index contributed by atoms with van der Waals surface area (Å²) in [4.78, 5) is 13.0. The van der Waals surface area contributed by atoms with Crippen molar-refractivity contribution in [3.05, 3.63) is 143 Å². The summed E-state index contributed by atoms with van der Waals surface area (Å²) in [7, 11) is 0. The van der Waals surface area contributed by atoms with Crippen molar-refractivity contribution >= 4 is 5.97 Å². The highest BCUT2D eigenvalue weighted by atomic mass is 16.5. The Morgan fingerprint density at radius 2 is 1.23 bits per heavy atom. The van der Waals surface area contributed by atoms with Gasteiger partial charge in [0.15, 0.2) is 6.10 Å². The second-order valence-electron chi connectivity index (χ2n) is 8.74. The Balaban J connectivity index is 1.35. The topological polar surface area (TPSA) is 58.6 Å². The second-order valence-corrected chi connectivity index (χ2v) is 8.74. The van der Waals surface area contributed by atoms with Crippen molar-refractivity contribution in [2.24, 2.45) is 0 Å². The van der Waals surface area contributed by atoms with Crippen LogP contribution in [0.3, 0.4) is 0 Å². The number of hydrogen-bond acceptors (Lipinski definition) is 4. The van der Waals surface area contributed by atoms with E-state index >= 15 is 0 Å². The van der Waals surface area contributed by atoms with E-state index in [0.29, 0.717) is 12.1 Å². The van der Waals surface area contributed by atoms with Crippen LogP contribution in [0.25, 0.3) is 0 Å². The van der Waals surface area contributed by atoms with Crippen LogP contribution < -0.4 is 5.32 Å². The van der Waals surface area contributed by atoms with Gasteiger partial charge in [0.1, 0.15) is 0 Å². The second kappa shape index (κ2) is 12.1. The molecule has 2 N–H and O–H groups in total. The summed E-state index contributed by atoms with van der Waals surface area (Å²) < 4.78 is 5.96. The number of nitrogens with one attached hydrogen (secondary N) is 1. The number of aliphatic hydroxyl groups is 1. The van der Waals surface area contributed by atoms with Gasteiger partial charge in [0, 0.05) is 12.6 Å². The highest BCUT2D eigenvalue weighted by Crippen LogP contribution is 2.27. The zero-order valence-electron chi connectivity index (χ0n) is 19.9. The molecule has 35 heavy (non-hydrogen) atoms. The molecule has 0 aliphatic heterocycles. The van der Waals surface area contributed by atoms with Crippen molar-refractivity contribution in [1.29, 1.82) is 0 Å². The van der Waals surface area contributed by atoms with Gasteiger partial charge in [0.2, 0.25) is 0 Å². The molecule has 2 atom stereocenters. The Kier molecular flexibility index (Phi) is 8.44. The molecular weight excluding hydrogens is 434 g/mol. The molecule has 0 aliphatic rings. The van der Waals surface area contributed by atoms with Crippen LogP contribution in [0.2, 0.25) is 0 Å². The minimum atomic E-state index is -0.544. The predicted octanol–water partition coefficient (Wildman–Crippen LogP) is 5.89. The maximum absolute atomic E-state index is 13.0. The fraction of sp³-hybridized carbons (Fsp3) is 0.194. The summed E-state index contributed by atoms with van der Waals surface area (Å²) in [5, 5.41) is 13.7. The molecule has 4 rings (SSSR count). The number of ether oxygens (including phenoxy) is 1. The largest absolute Gasteiger partial charge is 0.449 e. The summed E-state index contributed by atoms with van der Waals surface area (Å²) in [5.41, 5.74) is 4.39. The SMILES string of the molecule is C[C@H](Cc1ccc(C(=O)OC(c2ccccc2)c2ccccc2)cc1)NC[C@H](O)c1ccccc1. The van der Waals surface area contributed by atoms with Gasteiger partial charge in [-0.25, -0.2) is 4.79 Å². The Hall–Kier alpha value is -3.73. The molecule has 0 saturated carbocycles. The van der Waals surface area contributed by atoms with Crippen molar-refractivity contribution in [1.82, 2.24) is 5.32 Å². The van der Waals surface area contributed by atoms with E-state index in [9.17, 15) is 9.90 Å². The van der Waals surface area contributed by atoms with E-state index in [-0.39, 0.29) is 12.0 Å². The number of carbonyl (C=O) groups excluding carboxylic acids is 1. The number of hydrogen-bond donors (Lipinski definition) is 2. The lowest BCUT2D eigenvalue weighted by Crippen LogP contribution is -2.32. The summed E-state index contributed by atoms with van der Waals surface area (Å²) in [6.45, 7) is 2.57. The van der Waals surface area contributed by atoms with Crippen molar-refractivity contribution < 1.29 is 14.6 Å². The molecule has 0 aromatic heterocycles. The minimum absolute atomic E-state index is 0.173. The van der Waals surface area contributed by atoms with Gasteiger partial charge < -0.3 is 15.2 Å². The Morgan fingerprint density at radius 1 is 0.743 bits per heavy atom. The third-order valence-corrected chi connectivity index (χ3v) is 6.01. The molecule has 4 aromatic rings. The first kappa shape index (κ1) is 24.4. The summed E-state index contributed by atoms with van der Waals surface area (Å²) in [6, 6.07) is 36.9. The lowest BCUT2D eigenvalue weighted by molar-refractivity contribution is 0.0378. The number of esters is 1. The molecule has 4 aromatic carbocycles. The lowest BCUT2D eigenvalue weighted by Gasteiger charge is -2.19. The van der Waals surface area contributed by atoms with Gasteiger partial charge in [0.05, 0.1) is 11.7 Å². The highest BCUT2D eigenvalue weighted by molar-refractivity contribution is 5.89. The minimum Gasteiger partial charge on any atom is -0.449 e. The summed E-state index contributed by atoms with van der Waals surface area (Å²) >= 11 is 0. The van der Waals surface area contributed by atoms with Crippen LogP contribution in [-0.4, -0.2) is 23.7 Å². The molecule has 0 amide bonds. The molecule has 0 radical (unpaired) electrons. The first-order valence-electron chi connectivity index (χ1n) is 12.0. The van der Waals surface area contributed by atoms with Crippen LogP contribution >= 0.6 is 0 Å². The fourth-order valence-corrected chi connectivity index (χ4v) is 4.07. The Bertz CT molecular complexity index is 1140. The molecule has 0 unspecified atom stereocenters. The van der Waals surface area contributed by atoms with Gasteiger partial charge in [0.25, 0.3) is 0 Å². The first-order valence-corrected chi connectivity index (χ1v) is 12.0. The van der Waals surface area contributed by atoms with Crippen molar-refractivity contribution in [3.63, 3.8) is 0 Å². The molecule has 0 aliphatic carbocycles. The molecular formula is C31H31NO3. The van der Waals surface area contributed by atoms with E-state index < -0.39 is 12.2 Å². The average molecular weight is 466 g/mol. The van der Waals surface area contributed by atoms with Gasteiger partial charge in [-0.15, -0.1) is 0 Å². The maximum atomic E-state index is 13.0. The van der Waals surface area contributed by atoms with Gasteiger partial charge in [-0.2, -0.15) is 0 Å². The zero-order valence-corrected chi connectivity index (χ0v) is 19.9. The molecule has 0 heterocycles. The first-order chi connectivity index (χ1) is 17.1. The average Bonchev–Trinajstić information content (AvgIpc) is 2.92. The molecule has 178 valence electrons. The molecule has 0 saturated heterocycles. The van der Waals surface area contributed by atoms with Crippen molar-refractivity contribution in [2.45, 2.75) is 31.6 Å². The van der Waals surface area contributed by atoms with E-state index in [1.165, 1.54) is 0 Å². The van der Waals surface area contributed by atoms with Gasteiger partial charge in [-0.1, -0.05) is 103 Å². The number of carbonyl (C=O) groups is 1. The quantitative estimate of drug-likeness (QED) is 0.287. The molecule has 0 bridgehead atoms. The van der Waals surface area contributed by atoms with E-state index in [1.807, 2.05) is 115 Å². The highest BCUT2D eigenvalue weighted by Gasteiger charge is 2.20. The Labute approximate surface area is 207 Å². The van der Waals surface area contributed by atoms with Crippen LogP contribution in [0.5, 0.6) is 0 Å². The third kappa shape index (κ3) is 6.89. The number of rotatable bonds is 10. The third-order valence-electron chi connectivity index (χ3n) is 6.01. The normalized spacial score (nSPS) is 12.8. The van der Waals surface area contributed by atoms with Crippen LogP contribution in [0, 0.1) is 0 Å². The van der Waals surface area contributed by atoms with E-state index in [2.05, 4.69) is 12.2 Å². The van der Waals surface area contributed by atoms with E-state index in [0.717, 1.165) is 28.7 Å². The lowest BCUT2D eigenvalue weighted by atomic mass is 10.0. The van der Waals surface area contributed by atoms with E-state index in [1.54, 1.807) is 0 Å². The van der Waals surface area contributed by atoms with Crippen LogP contribution in [-0.2, 0) is 11.2 Å². The van der Waals surface area contributed by atoms with Crippen LogP contribution in [0.4, 0.5) is 0 Å². The van der Waals surface area contributed by atoms with Crippen molar-refractivity contribution in [2.75, 3.05) is 6.54 Å². The maximum Gasteiger partial charge on any atom is 0.339 e. The zero-order chi connectivity index (χ0) is 24.5. The van der Waals surface area contributed by atoms with Crippen molar-refractivity contribution in [3.8, 4) is 0 Å². The molecule has 0 fully saturated rings. The van der Waals surface area contributed by atoms with Gasteiger partial charge >= 0.3 is 5.97 Å². The van der Waals surface area contributed by atoms with Crippen LogP contribution in [0.1, 0.15) is 51.7 Å². The Morgan fingerprint density at radius 3 is 1.74 bits per heavy atom. The molecule has 4 nitrogen and oxygen atoms in total. The summed E-state index contributed by atoms with van der Waals surface area (Å²) in [6.07, 6.45) is -0.226. The summed E-state index contributed by atoms with van der Waals surface area (Å²) in [5.74, 6) is -0.355. The smallest absolute Gasteiger partial charge is 0.339 e. The fourth-order valence-electron chi connectivity index (χ4n) is 4.07. The molecule has 4 heteroatoms. The molecule has 0 spiro atoms. The standard InChI is InChI=1S/C31H31NO3/c1-23(32-22-29(33)25-11-5-2-6-12-25)21-24-17-19-28(20-18-24)31(34)35-30(26-13-7-3-8-14-26)27-15-9-4-10-16-27/h2-20,23,29-30,32-33H,21-22H2,1H3/t23-,29+/m1/s1. The van der Waals surface area contributed by atoms with Gasteiger partial charge in [-0.05, 0) is 47.7 Å². The van der Waals surface area contributed by atoms with Gasteiger partial charge in [-0.3, -0.25) is 0 Å². The predicted molar refractivity (Wildman–Crippen MR) is 139 cm³/mol. The monoisotopic (exact) mass is 465 g/mol. The van der Waals surface area contributed by atoms with E-state index in [4.69, 9.17) is 4.74 Å². The number of benzene rings is 4.